The molecular weight excluding hydrogens is 338 g/mol. The Bertz CT molecular complexity index is 502. The fraction of sp³-hybridized carbons (Fsp3) is 0. The second kappa shape index (κ2) is 4.80. The van der Waals surface area contributed by atoms with Gasteiger partial charge < -0.3 is 10.5 Å². The van der Waals surface area contributed by atoms with Crippen molar-refractivity contribution in [2.24, 2.45) is 0 Å². The van der Waals surface area contributed by atoms with Crippen molar-refractivity contribution in [3.05, 3.63) is 39.5 Å². The molecule has 0 saturated heterocycles. The maximum Gasteiger partial charge on any atom is 0.238 e. The number of rotatable bonds is 2. The molecule has 1 aromatic carbocycles. The molecular formula is C10H7Br2N3O. The summed E-state index contributed by atoms with van der Waals surface area (Å²) in [4.78, 5) is 7.88. The standard InChI is InChI=1S/C10H7Br2N3O/c11-6-1-2-8(7(12)3-6)16-10-5-14-9(13)4-15-10/h1-5H,(H2,13,14). The van der Waals surface area contributed by atoms with Gasteiger partial charge in [-0.15, -0.1) is 0 Å². The second-order valence-corrected chi connectivity index (χ2v) is 4.73. The molecule has 0 unspecified atom stereocenters. The van der Waals surface area contributed by atoms with E-state index in [1.807, 2.05) is 18.2 Å². The predicted molar refractivity (Wildman–Crippen MR) is 68.4 cm³/mol. The van der Waals surface area contributed by atoms with E-state index in [4.69, 9.17) is 10.5 Å². The van der Waals surface area contributed by atoms with E-state index in [2.05, 4.69) is 41.8 Å². The number of hydrogen-bond donors (Lipinski definition) is 1. The number of nitrogens with zero attached hydrogens (tertiary/aromatic N) is 2. The minimum atomic E-state index is 0.363. The van der Waals surface area contributed by atoms with Crippen molar-refractivity contribution in [1.82, 2.24) is 9.97 Å². The van der Waals surface area contributed by atoms with Crippen LogP contribution in [0.5, 0.6) is 11.6 Å². The Morgan fingerprint density at radius 1 is 1.12 bits per heavy atom. The summed E-state index contributed by atoms with van der Waals surface area (Å²) >= 11 is 6.75. The van der Waals surface area contributed by atoms with Crippen LogP contribution >= 0.6 is 31.9 Å². The minimum absolute atomic E-state index is 0.363. The molecule has 0 spiro atoms. The Labute approximate surface area is 109 Å². The third-order valence-corrected chi connectivity index (χ3v) is 2.87. The van der Waals surface area contributed by atoms with Gasteiger partial charge in [-0.2, -0.15) is 0 Å². The van der Waals surface area contributed by atoms with E-state index >= 15 is 0 Å². The van der Waals surface area contributed by atoms with Crippen LogP contribution in [0, 0.1) is 0 Å². The van der Waals surface area contributed by atoms with E-state index in [1.165, 1.54) is 12.4 Å². The molecule has 0 saturated carbocycles. The fourth-order valence-electron chi connectivity index (χ4n) is 1.05. The van der Waals surface area contributed by atoms with E-state index in [9.17, 15) is 0 Å². The molecule has 6 heteroatoms. The molecule has 0 fully saturated rings. The van der Waals surface area contributed by atoms with E-state index in [1.54, 1.807) is 0 Å². The number of halogens is 2. The lowest BCUT2D eigenvalue weighted by molar-refractivity contribution is 0.457. The number of aromatic nitrogens is 2. The van der Waals surface area contributed by atoms with Gasteiger partial charge in [0.1, 0.15) is 11.6 Å². The lowest BCUT2D eigenvalue weighted by Gasteiger charge is -2.06. The summed E-state index contributed by atoms with van der Waals surface area (Å²) in [5, 5.41) is 0. The Balaban J connectivity index is 2.23. The van der Waals surface area contributed by atoms with Gasteiger partial charge in [-0.3, -0.25) is 0 Å². The predicted octanol–water partition coefficient (Wildman–Crippen LogP) is 3.38. The maximum absolute atomic E-state index is 5.52. The molecule has 2 N–H and O–H groups in total. The van der Waals surface area contributed by atoms with Crippen LogP contribution in [0.25, 0.3) is 0 Å². The van der Waals surface area contributed by atoms with Gasteiger partial charge >= 0.3 is 0 Å². The van der Waals surface area contributed by atoms with Crippen LogP contribution in [0.1, 0.15) is 0 Å². The summed E-state index contributed by atoms with van der Waals surface area (Å²) in [6.07, 6.45) is 2.92. The monoisotopic (exact) mass is 343 g/mol. The van der Waals surface area contributed by atoms with Crippen molar-refractivity contribution in [1.29, 1.82) is 0 Å². The third-order valence-electron chi connectivity index (χ3n) is 1.76. The zero-order valence-corrected chi connectivity index (χ0v) is 11.2. The number of benzene rings is 1. The molecule has 0 amide bonds. The number of anilines is 1. The lowest BCUT2D eigenvalue weighted by atomic mass is 10.3. The van der Waals surface area contributed by atoms with Crippen LogP contribution in [0.15, 0.2) is 39.5 Å². The van der Waals surface area contributed by atoms with Crippen LogP contribution in [0.2, 0.25) is 0 Å². The lowest BCUT2D eigenvalue weighted by Crippen LogP contribution is -1.94. The molecule has 4 nitrogen and oxygen atoms in total. The first-order valence-corrected chi connectivity index (χ1v) is 5.94. The highest BCUT2D eigenvalue weighted by Crippen LogP contribution is 2.30. The molecule has 0 radical (unpaired) electrons. The molecule has 0 atom stereocenters. The number of nitrogens with two attached hydrogens (primary N) is 1. The van der Waals surface area contributed by atoms with Crippen molar-refractivity contribution in [2.75, 3.05) is 5.73 Å². The SMILES string of the molecule is Nc1cnc(Oc2ccc(Br)cc2Br)cn1. The van der Waals surface area contributed by atoms with Crippen molar-refractivity contribution in [2.45, 2.75) is 0 Å². The van der Waals surface area contributed by atoms with Gasteiger partial charge in [0.25, 0.3) is 0 Å². The third kappa shape index (κ3) is 2.70. The highest BCUT2D eigenvalue weighted by molar-refractivity contribution is 9.11. The normalized spacial score (nSPS) is 10.1. The summed E-state index contributed by atoms with van der Waals surface area (Å²) in [7, 11) is 0. The Morgan fingerprint density at radius 2 is 1.94 bits per heavy atom. The molecule has 0 bridgehead atoms. The first-order valence-electron chi connectivity index (χ1n) is 4.35. The van der Waals surface area contributed by atoms with Gasteiger partial charge in [-0.05, 0) is 34.1 Å². The zero-order valence-electron chi connectivity index (χ0n) is 8.02. The van der Waals surface area contributed by atoms with Crippen molar-refractivity contribution < 1.29 is 4.74 Å². The van der Waals surface area contributed by atoms with E-state index in [0.29, 0.717) is 17.4 Å². The summed E-state index contributed by atoms with van der Waals surface area (Å²) in [5.41, 5.74) is 5.43. The minimum Gasteiger partial charge on any atom is -0.436 e. The Morgan fingerprint density at radius 3 is 2.56 bits per heavy atom. The fourth-order valence-corrected chi connectivity index (χ4v) is 2.18. The largest absolute Gasteiger partial charge is 0.436 e. The van der Waals surface area contributed by atoms with E-state index < -0.39 is 0 Å². The summed E-state index contributed by atoms with van der Waals surface area (Å²) in [6.45, 7) is 0. The van der Waals surface area contributed by atoms with Gasteiger partial charge in [0, 0.05) is 4.47 Å². The van der Waals surface area contributed by atoms with Gasteiger partial charge in [-0.1, -0.05) is 15.9 Å². The summed E-state index contributed by atoms with van der Waals surface area (Å²) in [6, 6.07) is 5.59. The Kier molecular flexibility index (Phi) is 3.40. The molecule has 0 aliphatic heterocycles. The average molecular weight is 345 g/mol. The van der Waals surface area contributed by atoms with Crippen LogP contribution in [0.3, 0.4) is 0 Å². The highest BCUT2D eigenvalue weighted by atomic mass is 79.9. The number of hydrogen-bond acceptors (Lipinski definition) is 4. The smallest absolute Gasteiger partial charge is 0.238 e. The highest BCUT2D eigenvalue weighted by Gasteiger charge is 2.04. The van der Waals surface area contributed by atoms with Crippen molar-refractivity contribution in [3.63, 3.8) is 0 Å². The summed E-state index contributed by atoms with van der Waals surface area (Å²) < 4.78 is 7.32. The maximum atomic E-state index is 5.52. The molecule has 2 aromatic rings. The zero-order chi connectivity index (χ0) is 11.5. The molecule has 1 aromatic heterocycles. The summed E-state index contributed by atoms with van der Waals surface area (Å²) in [5.74, 6) is 1.43. The molecule has 1 heterocycles. The quantitative estimate of drug-likeness (QED) is 0.907. The number of nitrogen functional groups attached to an aromatic ring is 1. The molecule has 0 aliphatic carbocycles. The Hall–Kier alpha value is -1.14. The van der Waals surface area contributed by atoms with Gasteiger partial charge in [0.05, 0.1) is 16.9 Å². The molecule has 82 valence electrons. The number of ether oxygens (including phenoxy) is 1. The van der Waals surface area contributed by atoms with Crippen molar-refractivity contribution >= 4 is 37.7 Å². The van der Waals surface area contributed by atoms with Crippen LogP contribution in [0.4, 0.5) is 5.82 Å². The van der Waals surface area contributed by atoms with Crippen LogP contribution < -0.4 is 10.5 Å². The molecule has 0 aliphatic rings. The van der Waals surface area contributed by atoms with Gasteiger partial charge in [0.15, 0.2) is 0 Å². The van der Waals surface area contributed by atoms with E-state index in [0.717, 1.165) is 8.95 Å². The van der Waals surface area contributed by atoms with Gasteiger partial charge in [-0.25, -0.2) is 9.97 Å². The van der Waals surface area contributed by atoms with Crippen LogP contribution in [-0.2, 0) is 0 Å². The van der Waals surface area contributed by atoms with Crippen LogP contribution in [-0.4, -0.2) is 9.97 Å². The molecule has 2 rings (SSSR count). The topological polar surface area (TPSA) is 61.0 Å². The molecule has 16 heavy (non-hydrogen) atoms. The first-order chi connectivity index (χ1) is 7.65. The van der Waals surface area contributed by atoms with E-state index in [-0.39, 0.29) is 0 Å². The second-order valence-electron chi connectivity index (χ2n) is 2.96. The average Bonchev–Trinajstić information content (AvgIpc) is 2.25. The first kappa shape index (κ1) is 11.3. The van der Waals surface area contributed by atoms with Crippen molar-refractivity contribution in [3.8, 4) is 11.6 Å². The van der Waals surface area contributed by atoms with Gasteiger partial charge in [0.2, 0.25) is 5.88 Å².